The van der Waals surface area contributed by atoms with Crippen molar-refractivity contribution in [2.75, 3.05) is 26.2 Å². The van der Waals surface area contributed by atoms with Gasteiger partial charge in [0.2, 0.25) is 5.91 Å². The van der Waals surface area contributed by atoms with Crippen LogP contribution in [0, 0.1) is 0 Å². The van der Waals surface area contributed by atoms with E-state index in [0.717, 1.165) is 32.3 Å². The van der Waals surface area contributed by atoms with Gasteiger partial charge in [-0.25, -0.2) is 4.68 Å². The minimum atomic E-state index is -0.208. The van der Waals surface area contributed by atoms with Gasteiger partial charge in [-0.05, 0) is 25.7 Å². The molecule has 2 aliphatic heterocycles. The number of ether oxygens (including phenoxy) is 1. The standard InChI is InChI=1S/C18H27N5O3/c24-17-13-21(8-9-23(17)14-5-2-1-3-6-14)18(25)16-12-22(20-19-16)11-15-7-4-10-26-15/h12,14-15H,1-11,13H2/t15-/m1/s1. The summed E-state index contributed by atoms with van der Waals surface area (Å²) in [6, 6.07) is 0.362. The third-order valence-electron chi connectivity index (χ3n) is 5.73. The van der Waals surface area contributed by atoms with Gasteiger partial charge in [0.1, 0.15) is 6.54 Å². The molecule has 1 aromatic heterocycles. The average Bonchev–Trinajstić information content (AvgIpc) is 3.34. The predicted octanol–water partition coefficient (Wildman–Crippen LogP) is 1.07. The highest BCUT2D eigenvalue weighted by Crippen LogP contribution is 2.24. The summed E-state index contributed by atoms with van der Waals surface area (Å²) in [6.07, 6.45) is 9.76. The van der Waals surface area contributed by atoms with E-state index in [2.05, 4.69) is 10.3 Å². The van der Waals surface area contributed by atoms with Crippen LogP contribution >= 0.6 is 0 Å². The molecule has 3 fully saturated rings. The van der Waals surface area contributed by atoms with Crippen molar-refractivity contribution in [3.8, 4) is 0 Å². The second-order valence-electron chi connectivity index (χ2n) is 7.57. The van der Waals surface area contributed by atoms with Gasteiger partial charge in [-0.2, -0.15) is 0 Å². The number of piperazine rings is 1. The van der Waals surface area contributed by atoms with Crippen molar-refractivity contribution in [2.24, 2.45) is 0 Å². The molecule has 1 aromatic rings. The number of hydrogen-bond donors (Lipinski definition) is 0. The van der Waals surface area contributed by atoms with Crippen molar-refractivity contribution in [1.82, 2.24) is 24.8 Å². The lowest BCUT2D eigenvalue weighted by Gasteiger charge is -2.40. The molecule has 0 spiro atoms. The van der Waals surface area contributed by atoms with Crippen molar-refractivity contribution < 1.29 is 14.3 Å². The number of aromatic nitrogens is 3. The van der Waals surface area contributed by atoms with Crippen LogP contribution in [0.25, 0.3) is 0 Å². The molecule has 4 rings (SSSR count). The van der Waals surface area contributed by atoms with Crippen LogP contribution in [0.15, 0.2) is 6.20 Å². The molecule has 0 unspecified atom stereocenters. The molecule has 2 amide bonds. The maximum absolute atomic E-state index is 12.7. The van der Waals surface area contributed by atoms with Gasteiger partial charge in [0.15, 0.2) is 5.69 Å². The van der Waals surface area contributed by atoms with Crippen molar-refractivity contribution in [1.29, 1.82) is 0 Å². The first-order chi connectivity index (χ1) is 12.7. The zero-order valence-electron chi connectivity index (χ0n) is 15.2. The Morgan fingerprint density at radius 2 is 2.00 bits per heavy atom. The van der Waals surface area contributed by atoms with Crippen LogP contribution < -0.4 is 0 Å². The van der Waals surface area contributed by atoms with E-state index in [9.17, 15) is 9.59 Å². The minimum absolute atomic E-state index is 0.0586. The van der Waals surface area contributed by atoms with Crippen molar-refractivity contribution in [3.05, 3.63) is 11.9 Å². The fraction of sp³-hybridized carbons (Fsp3) is 0.778. The Hall–Kier alpha value is -1.96. The van der Waals surface area contributed by atoms with Gasteiger partial charge < -0.3 is 14.5 Å². The van der Waals surface area contributed by atoms with E-state index in [1.165, 1.54) is 19.3 Å². The number of carbonyl (C=O) groups is 2. The molecule has 26 heavy (non-hydrogen) atoms. The van der Waals surface area contributed by atoms with Gasteiger partial charge in [0, 0.05) is 25.7 Å². The summed E-state index contributed by atoms with van der Waals surface area (Å²) >= 11 is 0. The van der Waals surface area contributed by atoms with Crippen LogP contribution in [-0.2, 0) is 16.1 Å². The minimum Gasteiger partial charge on any atom is -0.376 e. The summed E-state index contributed by atoms with van der Waals surface area (Å²) < 4.78 is 7.26. The summed E-state index contributed by atoms with van der Waals surface area (Å²) in [5.74, 6) is -0.150. The Kier molecular flexibility index (Phi) is 5.19. The van der Waals surface area contributed by atoms with Gasteiger partial charge in [-0.15, -0.1) is 5.10 Å². The molecule has 3 aliphatic rings. The molecule has 0 bridgehead atoms. The first kappa shape index (κ1) is 17.5. The number of nitrogens with zero attached hydrogens (tertiary/aromatic N) is 5. The predicted molar refractivity (Wildman–Crippen MR) is 93.5 cm³/mol. The van der Waals surface area contributed by atoms with Gasteiger partial charge >= 0.3 is 0 Å². The molecule has 8 nitrogen and oxygen atoms in total. The van der Waals surface area contributed by atoms with E-state index in [1.807, 2.05) is 4.90 Å². The number of rotatable bonds is 4. The van der Waals surface area contributed by atoms with Gasteiger partial charge in [0.25, 0.3) is 5.91 Å². The van der Waals surface area contributed by atoms with Gasteiger partial charge in [-0.1, -0.05) is 24.5 Å². The fourth-order valence-corrected chi connectivity index (χ4v) is 4.28. The Bertz CT molecular complexity index is 649. The molecule has 3 heterocycles. The second-order valence-corrected chi connectivity index (χ2v) is 7.57. The van der Waals surface area contributed by atoms with E-state index in [0.29, 0.717) is 31.4 Å². The highest BCUT2D eigenvalue weighted by atomic mass is 16.5. The smallest absolute Gasteiger partial charge is 0.276 e. The summed E-state index contributed by atoms with van der Waals surface area (Å²) in [4.78, 5) is 28.8. The highest BCUT2D eigenvalue weighted by molar-refractivity contribution is 5.95. The molecule has 1 saturated carbocycles. The van der Waals surface area contributed by atoms with E-state index >= 15 is 0 Å². The lowest BCUT2D eigenvalue weighted by molar-refractivity contribution is -0.138. The lowest BCUT2D eigenvalue weighted by atomic mass is 9.93. The van der Waals surface area contributed by atoms with Crippen LogP contribution in [0.3, 0.4) is 0 Å². The number of hydrogen-bond acceptors (Lipinski definition) is 5. The van der Waals surface area contributed by atoms with Crippen LogP contribution in [0.4, 0.5) is 0 Å². The first-order valence-electron chi connectivity index (χ1n) is 9.81. The third kappa shape index (κ3) is 3.75. The lowest BCUT2D eigenvalue weighted by Crippen LogP contribution is -2.55. The summed E-state index contributed by atoms with van der Waals surface area (Å²) in [7, 11) is 0. The highest BCUT2D eigenvalue weighted by Gasteiger charge is 2.33. The molecule has 1 atom stereocenters. The van der Waals surface area contributed by atoms with Crippen LogP contribution in [-0.4, -0.2) is 75.0 Å². The Morgan fingerprint density at radius 1 is 1.15 bits per heavy atom. The molecule has 8 heteroatoms. The van der Waals surface area contributed by atoms with Crippen LogP contribution in [0.2, 0.25) is 0 Å². The Balaban J connectivity index is 1.34. The largest absolute Gasteiger partial charge is 0.376 e. The Morgan fingerprint density at radius 3 is 2.73 bits per heavy atom. The molecule has 2 saturated heterocycles. The Labute approximate surface area is 153 Å². The van der Waals surface area contributed by atoms with Crippen molar-refractivity contribution in [2.45, 2.75) is 63.6 Å². The van der Waals surface area contributed by atoms with E-state index in [1.54, 1.807) is 15.8 Å². The van der Waals surface area contributed by atoms with E-state index in [4.69, 9.17) is 4.74 Å². The topological polar surface area (TPSA) is 80.6 Å². The normalized spacial score (nSPS) is 25.1. The monoisotopic (exact) mass is 361 g/mol. The number of amides is 2. The molecule has 1 aliphatic carbocycles. The zero-order valence-corrected chi connectivity index (χ0v) is 15.2. The fourth-order valence-electron chi connectivity index (χ4n) is 4.28. The van der Waals surface area contributed by atoms with E-state index < -0.39 is 0 Å². The molecule has 0 N–H and O–H groups in total. The quantitative estimate of drug-likeness (QED) is 0.801. The SMILES string of the molecule is O=C(c1cn(C[C@H]2CCCO2)nn1)N1CCN(C2CCCCC2)C(=O)C1. The van der Waals surface area contributed by atoms with E-state index in [-0.39, 0.29) is 24.5 Å². The maximum Gasteiger partial charge on any atom is 0.276 e. The number of carbonyl (C=O) groups excluding carboxylic acids is 2. The van der Waals surface area contributed by atoms with Crippen LogP contribution in [0.5, 0.6) is 0 Å². The summed E-state index contributed by atoms with van der Waals surface area (Å²) in [5.41, 5.74) is 0.307. The summed E-state index contributed by atoms with van der Waals surface area (Å²) in [5, 5.41) is 8.06. The molecule has 142 valence electrons. The van der Waals surface area contributed by atoms with Gasteiger partial charge in [0.05, 0.1) is 18.8 Å². The second kappa shape index (κ2) is 7.73. The summed E-state index contributed by atoms with van der Waals surface area (Å²) in [6.45, 7) is 2.75. The average molecular weight is 361 g/mol. The zero-order chi connectivity index (χ0) is 17.9. The molecular weight excluding hydrogens is 334 g/mol. The van der Waals surface area contributed by atoms with Crippen molar-refractivity contribution >= 4 is 11.8 Å². The molecule has 0 radical (unpaired) electrons. The maximum atomic E-state index is 12.7. The van der Waals surface area contributed by atoms with Crippen molar-refractivity contribution in [3.63, 3.8) is 0 Å². The molecular formula is C18H27N5O3. The first-order valence-corrected chi connectivity index (χ1v) is 9.81. The third-order valence-corrected chi connectivity index (χ3v) is 5.73. The van der Waals surface area contributed by atoms with Gasteiger partial charge in [-0.3, -0.25) is 9.59 Å². The molecule has 0 aromatic carbocycles. The van der Waals surface area contributed by atoms with Crippen LogP contribution in [0.1, 0.15) is 55.4 Å².